The van der Waals surface area contributed by atoms with E-state index in [2.05, 4.69) is 9.97 Å². The molecule has 10 heteroatoms. The lowest BCUT2D eigenvalue weighted by molar-refractivity contribution is -0.130. The summed E-state index contributed by atoms with van der Waals surface area (Å²) in [5.41, 5.74) is 4.16. The van der Waals surface area contributed by atoms with Gasteiger partial charge in [0.05, 0.1) is 19.3 Å². The maximum absolute atomic E-state index is 13.0. The number of oxazole rings is 2. The number of carbonyl (C=O) groups excluding carboxylic acids is 2. The normalized spacial score (nSPS) is 14.7. The second kappa shape index (κ2) is 14.9. The molecule has 1 aliphatic rings. The number of ether oxygens (including phenoxy) is 3. The molecule has 0 radical (unpaired) electrons. The number of hydrogen-bond acceptors (Lipinski definition) is 9. The van der Waals surface area contributed by atoms with E-state index in [4.69, 9.17) is 23.0 Å². The number of imide groups is 1. The molecule has 5 aromatic rings. The van der Waals surface area contributed by atoms with Crippen molar-refractivity contribution in [3.63, 3.8) is 0 Å². The van der Waals surface area contributed by atoms with Gasteiger partial charge in [0.25, 0.3) is 5.91 Å². The molecule has 2 amide bonds. The molecule has 10 nitrogen and oxygen atoms in total. The Morgan fingerprint density at radius 2 is 1.43 bits per heavy atom. The Balaban J connectivity index is 0.967. The second-order valence-electron chi connectivity index (χ2n) is 10.8. The van der Waals surface area contributed by atoms with Crippen molar-refractivity contribution >= 4 is 36.3 Å². The van der Waals surface area contributed by atoms with Crippen molar-refractivity contribution in [1.29, 1.82) is 0 Å². The Morgan fingerprint density at radius 1 is 0.787 bits per heavy atom. The quantitative estimate of drug-likeness (QED) is 0.123. The minimum absolute atomic E-state index is 0.0183. The largest absolute Gasteiger partial charge is 0.493 e. The van der Waals surface area contributed by atoms with Crippen molar-refractivity contribution in [2.75, 3.05) is 7.11 Å². The van der Waals surface area contributed by atoms with E-state index in [0.717, 1.165) is 21.6 Å². The van der Waals surface area contributed by atoms with Gasteiger partial charge in [-0.05, 0) is 60.2 Å². The van der Waals surface area contributed by atoms with Crippen molar-refractivity contribution in [2.24, 2.45) is 0 Å². The number of benzene rings is 3. The van der Waals surface area contributed by atoms with Crippen molar-refractivity contribution in [3.05, 3.63) is 131 Å². The topological polar surface area (TPSA) is 117 Å². The summed E-state index contributed by atoms with van der Waals surface area (Å²) in [7, 11) is 1.58. The van der Waals surface area contributed by atoms with Crippen LogP contribution < -0.4 is 9.47 Å². The monoisotopic (exact) mass is 631 g/mol. The number of aryl methyl sites for hydroxylation is 1. The number of nitrogens with zero attached hydrogens (tertiary/aromatic N) is 3. The molecule has 1 saturated heterocycles. The molecule has 0 N–H and O–H groups in total. The second-order valence-corrected chi connectivity index (χ2v) is 10.8. The average molecular weight is 632 g/mol. The Labute approximate surface area is 271 Å². The van der Waals surface area contributed by atoms with Crippen molar-refractivity contribution in [3.8, 4) is 11.5 Å². The summed E-state index contributed by atoms with van der Waals surface area (Å²) in [4.78, 5) is 35.4. The minimum Gasteiger partial charge on any atom is -0.493 e. The molecule has 1 unspecified atom stereocenters. The van der Waals surface area contributed by atoms with Gasteiger partial charge in [0, 0.05) is 12.2 Å². The summed E-state index contributed by atoms with van der Waals surface area (Å²) in [5.74, 6) is 1.64. The van der Waals surface area contributed by atoms with E-state index in [9.17, 15) is 9.59 Å². The van der Waals surface area contributed by atoms with E-state index in [0.29, 0.717) is 53.9 Å². The molecule has 3 aromatic carbocycles. The molecule has 6 rings (SSSR count). The zero-order valence-electron chi connectivity index (χ0n) is 25.8. The third kappa shape index (κ3) is 8.23. The number of hydrogen-bond donors (Lipinski definition) is 0. The molecule has 47 heavy (non-hydrogen) atoms. The van der Waals surface area contributed by atoms with Gasteiger partial charge in [0.1, 0.15) is 24.8 Å². The SMILES string of the molecule is COc1cc(CCCC2OC(=O)N(Cc3coc(/C=C/c4ccccc4)n3)C2=O)ccc1OCc1coc(/C=C/c2ccccc2)n1. The highest BCUT2D eigenvalue weighted by atomic mass is 16.6. The summed E-state index contributed by atoms with van der Waals surface area (Å²) < 4.78 is 27.9. The molecule has 2 aromatic heterocycles. The molecular weight excluding hydrogens is 598 g/mol. The third-order valence-corrected chi connectivity index (χ3v) is 7.44. The maximum atomic E-state index is 13.0. The first-order chi connectivity index (χ1) is 23.0. The van der Waals surface area contributed by atoms with Crippen LogP contribution in [0.1, 0.15) is 52.7 Å². The summed E-state index contributed by atoms with van der Waals surface area (Å²) in [5, 5.41) is 0. The standard InChI is InChI=1S/C37H33N3O7/c1-43-33-21-28(15-18-31(33)44-24-30-25-46-35(39-30)20-17-27-11-6-3-7-12-27)13-8-14-32-36(41)40(37(42)47-32)22-29-23-45-34(38-29)19-16-26-9-4-2-5-10-26/h2-7,9-12,15-21,23,25,32H,8,13-14,22,24H2,1H3/b19-16+,20-17+. The average Bonchev–Trinajstić information content (AvgIpc) is 3.83. The van der Waals surface area contributed by atoms with Gasteiger partial charge in [-0.1, -0.05) is 66.7 Å². The van der Waals surface area contributed by atoms with Crippen LogP contribution in [0, 0.1) is 0 Å². The fourth-order valence-corrected chi connectivity index (χ4v) is 5.02. The van der Waals surface area contributed by atoms with Crippen LogP contribution in [0.2, 0.25) is 0 Å². The summed E-state index contributed by atoms with van der Waals surface area (Å²) in [6.45, 7) is 0.194. The van der Waals surface area contributed by atoms with E-state index in [1.807, 2.05) is 97.1 Å². The van der Waals surface area contributed by atoms with E-state index in [-0.39, 0.29) is 19.1 Å². The number of rotatable bonds is 14. The van der Waals surface area contributed by atoms with Gasteiger partial charge in [0.15, 0.2) is 17.6 Å². The van der Waals surface area contributed by atoms with E-state index >= 15 is 0 Å². The van der Waals surface area contributed by atoms with Gasteiger partial charge in [-0.25, -0.2) is 19.7 Å². The van der Waals surface area contributed by atoms with Crippen LogP contribution >= 0.6 is 0 Å². The van der Waals surface area contributed by atoms with E-state index < -0.39 is 12.2 Å². The van der Waals surface area contributed by atoms with Gasteiger partial charge in [-0.15, -0.1) is 0 Å². The molecule has 3 heterocycles. The molecule has 0 aliphatic carbocycles. The highest BCUT2D eigenvalue weighted by Gasteiger charge is 2.40. The molecule has 1 fully saturated rings. The van der Waals surface area contributed by atoms with E-state index in [1.54, 1.807) is 19.4 Å². The van der Waals surface area contributed by atoms with Gasteiger partial charge >= 0.3 is 6.09 Å². The first kappa shape index (κ1) is 31.1. The van der Waals surface area contributed by atoms with Gasteiger partial charge in [0.2, 0.25) is 11.8 Å². The van der Waals surface area contributed by atoms with Crippen LogP contribution in [0.25, 0.3) is 24.3 Å². The lowest BCUT2D eigenvalue weighted by atomic mass is 10.0. The first-order valence-electron chi connectivity index (χ1n) is 15.2. The number of aromatic nitrogens is 2. The third-order valence-electron chi connectivity index (χ3n) is 7.44. The lowest BCUT2D eigenvalue weighted by Gasteiger charge is -2.12. The highest BCUT2D eigenvalue weighted by Crippen LogP contribution is 2.30. The zero-order chi connectivity index (χ0) is 32.4. The predicted octanol–water partition coefficient (Wildman–Crippen LogP) is 7.46. The summed E-state index contributed by atoms with van der Waals surface area (Å²) in [6.07, 6.45) is 10.5. The number of amides is 2. The Morgan fingerprint density at radius 3 is 2.09 bits per heavy atom. The van der Waals surface area contributed by atoms with Gasteiger partial charge in [-0.2, -0.15) is 0 Å². The number of methoxy groups -OCH3 is 1. The summed E-state index contributed by atoms with van der Waals surface area (Å²) >= 11 is 0. The molecule has 0 bridgehead atoms. The summed E-state index contributed by atoms with van der Waals surface area (Å²) in [6, 6.07) is 25.3. The zero-order valence-corrected chi connectivity index (χ0v) is 25.8. The van der Waals surface area contributed by atoms with Crippen molar-refractivity contribution < 1.29 is 32.6 Å². The predicted molar refractivity (Wildman–Crippen MR) is 175 cm³/mol. The molecule has 238 valence electrons. The first-order valence-corrected chi connectivity index (χ1v) is 15.2. The Kier molecular flexibility index (Phi) is 9.87. The minimum atomic E-state index is -0.841. The van der Waals surface area contributed by atoms with Gasteiger partial charge in [-0.3, -0.25) is 4.79 Å². The smallest absolute Gasteiger partial charge is 0.417 e. The molecular formula is C37H33N3O7. The molecule has 0 spiro atoms. The van der Waals surface area contributed by atoms with E-state index in [1.165, 1.54) is 6.26 Å². The Bertz CT molecular complexity index is 1860. The van der Waals surface area contributed by atoms with Crippen molar-refractivity contribution in [2.45, 2.75) is 38.5 Å². The van der Waals surface area contributed by atoms with Crippen LogP contribution in [-0.4, -0.2) is 40.1 Å². The molecule has 0 saturated carbocycles. The van der Waals surface area contributed by atoms with Crippen molar-refractivity contribution in [1.82, 2.24) is 14.9 Å². The van der Waals surface area contributed by atoms with Gasteiger partial charge < -0.3 is 23.0 Å². The fraction of sp³-hybridized carbons (Fsp3) is 0.189. The fourth-order valence-electron chi connectivity index (χ4n) is 5.02. The van der Waals surface area contributed by atoms with Crippen LogP contribution in [-0.2, 0) is 29.1 Å². The highest BCUT2D eigenvalue weighted by molar-refractivity contribution is 5.99. The number of cyclic esters (lactones) is 1. The maximum Gasteiger partial charge on any atom is 0.417 e. The Hall–Kier alpha value is -5.90. The van der Waals surface area contributed by atoms with Crippen LogP contribution in [0.5, 0.6) is 11.5 Å². The van der Waals surface area contributed by atoms with Crippen LogP contribution in [0.3, 0.4) is 0 Å². The lowest BCUT2D eigenvalue weighted by Crippen LogP contribution is -2.31. The van der Waals surface area contributed by atoms with Crippen LogP contribution in [0.4, 0.5) is 4.79 Å². The molecule has 1 atom stereocenters. The van der Waals surface area contributed by atoms with Crippen LogP contribution in [0.15, 0.2) is 100 Å². The number of carbonyl (C=O) groups is 2. The molecule has 1 aliphatic heterocycles.